The van der Waals surface area contributed by atoms with Crippen molar-refractivity contribution in [2.45, 2.75) is 6.42 Å². The highest BCUT2D eigenvalue weighted by atomic mass is 16.5. The molecule has 0 aliphatic carbocycles. The molecule has 1 amide bonds. The maximum atomic E-state index is 12.9. The summed E-state index contributed by atoms with van der Waals surface area (Å²) in [6.45, 7) is 0.700. The molecule has 3 aromatic carbocycles. The van der Waals surface area contributed by atoms with Gasteiger partial charge < -0.3 is 25.2 Å². The molecule has 1 aromatic heterocycles. The van der Waals surface area contributed by atoms with Crippen molar-refractivity contribution < 1.29 is 24.2 Å². The van der Waals surface area contributed by atoms with Crippen LogP contribution in [0, 0.1) is 0 Å². The lowest BCUT2D eigenvalue weighted by Crippen LogP contribution is -2.13. The summed E-state index contributed by atoms with van der Waals surface area (Å²) in [5.41, 5.74) is 3.90. The third kappa shape index (κ3) is 6.96. The fourth-order valence-electron chi connectivity index (χ4n) is 3.81. The van der Waals surface area contributed by atoms with Crippen LogP contribution in [0.15, 0.2) is 91.1 Å². The van der Waals surface area contributed by atoms with Crippen LogP contribution < -0.4 is 15.4 Å². The van der Waals surface area contributed by atoms with Crippen molar-refractivity contribution in [3.05, 3.63) is 108 Å². The minimum absolute atomic E-state index is 0.106. The second-order valence-corrected chi connectivity index (χ2v) is 8.41. The van der Waals surface area contributed by atoms with Crippen molar-refractivity contribution in [1.29, 1.82) is 0 Å². The number of hydrogen-bond donors (Lipinski definition) is 3. The first-order chi connectivity index (χ1) is 18.6. The van der Waals surface area contributed by atoms with Gasteiger partial charge in [0.15, 0.2) is 0 Å². The first-order valence-electron chi connectivity index (χ1n) is 12.2. The average molecular weight is 512 g/mol. The predicted molar refractivity (Wildman–Crippen MR) is 147 cm³/mol. The molecule has 8 heteroatoms. The number of carbonyl (C=O) groups is 2. The monoisotopic (exact) mass is 511 g/mol. The zero-order valence-corrected chi connectivity index (χ0v) is 21.0. The summed E-state index contributed by atoms with van der Waals surface area (Å²) in [6, 6.07) is 26.1. The lowest BCUT2D eigenvalue weighted by molar-refractivity contribution is 0.0601. The molecule has 38 heavy (non-hydrogen) atoms. The average Bonchev–Trinajstić information content (AvgIpc) is 2.97. The molecule has 0 spiro atoms. The van der Waals surface area contributed by atoms with Gasteiger partial charge in [0.2, 0.25) is 0 Å². The standard InChI is InChI=1S/C30H29N3O5/c1-37-30(36)27-19-24(20-32-28(27)31-15-16-34)22-8-5-9-23(18-22)29(35)33-25-10-12-26(13-11-25)38-17-14-21-6-3-2-4-7-21/h2-13,18-20,34H,14-17H2,1H3,(H,31,32)(H,33,35). The Labute approximate surface area is 221 Å². The van der Waals surface area contributed by atoms with E-state index in [1.54, 1.807) is 42.6 Å². The summed E-state index contributed by atoms with van der Waals surface area (Å²) in [5, 5.41) is 14.9. The number of hydrogen-bond acceptors (Lipinski definition) is 7. The third-order valence-electron chi connectivity index (χ3n) is 5.77. The van der Waals surface area contributed by atoms with E-state index in [1.807, 2.05) is 36.4 Å². The summed E-state index contributed by atoms with van der Waals surface area (Å²) in [6.07, 6.45) is 2.41. The van der Waals surface area contributed by atoms with Gasteiger partial charge in [0.1, 0.15) is 17.1 Å². The van der Waals surface area contributed by atoms with Crippen LogP contribution in [0.5, 0.6) is 5.75 Å². The molecule has 0 unspecified atom stereocenters. The Kier molecular flexibility index (Phi) is 9.04. The predicted octanol–water partition coefficient (Wildman–Crippen LogP) is 4.81. The topological polar surface area (TPSA) is 110 Å². The van der Waals surface area contributed by atoms with E-state index in [0.717, 1.165) is 12.2 Å². The maximum Gasteiger partial charge on any atom is 0.341 e. The second kappa shape index (κ2) is 13.0. The van der Waals surface area contributed by atoms with E-state index in [2.05, 4.69) is 27.8 Å². The van der Waals surface area contributed by atoms with Crippen LogP contribution in [0.25, 0.3) is 11.1 Å². The minimum atomic E-state index is -0.554. The summed E-state index contributed by atoms with van der Waals surface area (Å²) < 4.78 is 10.7. The van der Waals surface area contributed by atoms with E-state index in [0.29, 0.717) is 34.8 Å². The van der Waals surface area contributed by atoms with Gasteiger partial charge in [-0.25, -0.2) is 9.78 Å². The van der Waals surface area contributed by atoms with E-state index >= 15 is 0 Å². The Morgan fingerprint density at radius 3 is 2.45 bits per heavy atom. The number of carbonyl (C=O) groups excluding carboxylic acids is 2. The number of nitrogens with zero attached hydrogens (tertiary/aromatic N) is 1. The summed E-state index contributed by atoms with van der Waals surface area (Å²) in [7, 11) is 1.29. The first kappa shape index (κ1) is 26.4. The van der Waals surface area contributed by atoms with Gasteiger partial charge in [-0.3, -0.25) is 4.79 Å². The number of methoxy groups -OCH3 is 1. The number of esters is 1. The van der Waals surface area contributed by atoms with Crippen molar-refractivity contribution in [3.8, 4) is 16.9 Å². The van der Waals surface area contributed by atoms with Gasteiger partial charge in [0, 0.05) is 36.0 Å². The molecule has 0 aliphatic heterocycles. The molecule has 0 fully saturated rings. The number of aromatic nitrogens is 1. The lowest BCUT2D eigenvalue weighted by atomic mass is 10.0. The summed E-state index contributed by atoms with van der Waals surface area (Å²) >= 11 is 0. The number of aliphatic hydroxyl groups is 1. The van der Waals surface area contributed by atoms with E-state index < -0.39 is 5.97 Å². The van der Waals surface area contributed by atoms with Gasteiger partial charge in [-0.05, 0) is 53.6 Å². The molecule has 0 saturated heterocycles. The van der Waals surface area contributed by atoms with Gasteiger partial charge in [-0.1, -0.05) is 42.5 Å². The number of rotatable bonds is 11. The molecule has 8 nitrogen and oxygen atoms in total. The molecular formula is C30H29N3O5. The van der Waals surface area contributed by atoms with Crippen molar-refractivity contribution in [2.75, 3.05) is 37.5 Å². The molecule has 0 aliphatic rings. The highest BCUT2D eigenvalue weighted by Gasteiger charge is 2.16. The molecule has 4 aromatic rings. The van der Waals surface area contributed by atoms with Gasteiger partial charge >= 0.3 is 5.97 Å². The Balaban J connectivity index is 1.41. The number of anilines is 2. The van der Waals surface area contributed by atoms with Gasteiger partial charge in [0.05, 0.1) is 20.3 Å². The van der Waals surface area contributed by atoms with E-state index in [1.165, 1.54) is 12.7 Å². The fourth-order valence-corrected chi connectivity index (χ4v) is 3.81. The molecule has 0 bridgehead atoms. The molecule has 0 saturated carbocycles. The van der Waals surface area contributed by atoms with E-state index in [-0.39, 0.29) is 24.6 Å². The third-order valence-corrected chi connectivity index (χ3v) is 5.77. The Morgan fingerprint density at radius 1 is 0.921 bits per heavy atom. The Morgan fingerprint density at radius 2 is 1.71 bits per heavy atom. The Bertz CT molecular complexity index is 1370. The van der Waals surface area contributed by atoms with Crippen LogP contribution in [0.4, 0.5) is 11.5 Å². The molecule has 194 valence electrons. The molecule has 4 rings (SSSR count). The zero-order chi connectivity index (χ0) is 26.7. The summed E-state index contributed by atoms with van der Waals surface area (Å²) in [4.78, 5) is 29.5. The number of pyridine rings is 1. The summed E-state index contributed by atoms with van der Waals surface area (Å²) in [5.74, 6) is 0.218. The van der Waals surface area contributed by atoms with Gasteiger partial charge in [-0.15, -0.1) is 0 Å². The van der Waals surface area contributed by atoms with Crippen LogP contribution in [-0.2, 0) is 11.2 Å². The largest absolute Gasteiger partial charge is 0.493 e. The quantitative estimate of drug-likeness (QED) is 0.248. The minimum Gasteiger partial charge on any atom is -0.493 e. The van der Waals surface area contributed by atoms with Gasteiger partial charge in [-0.2, -0.15) is 0 Å². The molecule has 3 N–H and O–H groups in total. The Hall–Kier alpha value is -4.69. The number of ether oxygens (including phenoxy) is 2. The van der Waals surface area contributed by atoms with E-state index in [4.69, 9.17) is 14.6 Å². The molecule has 1 heterocycles. The van der Waals surface area contributed by atoms with Crippen LogP contribution in [0.1, 0.15) is 26.3 Å². The highest BCUT2D eigenvalue weighted by molar-refractivity contribution is 6.05. The molecule has 0 atom stereocenters. The van der Waals surface area contributed by atoms with E-state index in [9.17, 15) is 9.59 Å². The highest BCUT2D eigenvalue weighted by Crippen LogP contribution is 2.25. The van der Waals surface area contributed by atoms with Crippen LogP contribution >= 0.6 is 0 Å². The molecule has 0 radical (unpaired) electrons. The number of aliphatic hydroxyl groups excluding tert-OH is 1. The SMILES string of the molecule is COC(=O)c1cc(-c2cccc(C(=O)Nc3ccc(OCCc4ccccc4)cc3)c2)cnc1NCCO. The van der Waals surface area contributed by atoms with Crippen molar-refractivity contribution in [2.24, 2.45) is 0 Å². The number of amides is 1. The van der Waals surface area contributed by atoms with Crippen molar-refractivity contribution in [1.82, 2.24) is 4.98 Å². The smallest absolute Gasteiger partial charge is 0.341 e. The van der Waals surface area contributed by atoms with Crippen molar-refractivity contribution in [3.63, 3.8) is 0 Å². The van der Waals surface area contributed by atoms with Crippen LogP contribution in [0.2, 0.25) is 0 Å². The number of benzene rings is 3. The maximum absolute atomic E-state index is 12.9. The lowest BCUT2D eigenvalue weighted by Gasteiger charge is -2.12. The number of nitrogens with one attached hydrogen (secondary N) is 2. The second-order valence-electron chi connectivity index (χ2n) is 8.41. The van der Waals surface area contributed by atoms with Crippen molar-refractivity contribution >= 4 is 23.4 Å². The van der Waals surface area contributed by atoms with Crippen LogP contribution in [0.3, 0.4) is 0 Å². The molecular weight excluding hydrogens is 482 g/mol. The normalized spacial score (nSPS) is 10.5. The first-order valence-corrected chi connectivity index (χ1v) is 12.2. The fraction of sp³-hybridized carbons (Fsp3) is 0.167. The van der Waals surface area contributed by atoms with Gasteiger partial charge in [0.25, 0.3) is 5.91 Å². The zero-order valence-electron chi connectivity index (χ0n) is 21.0. The van der Waals surface area contributed by atoms with Crippen LogP contribution in [-0.4, -0.2) is 48.8 Å².